The summed E-state index contributed by atoms with van der Waals surface area (Å²) >= 11 is 0. The third kappa shape index (κ3) is 4.54. The number of halogens is 2. The van der Waals surface area contributed by atoms with Crippen LogP contribution in [0.5, 0.6) is 5.75 Å². The van der Waals surface area contributed by atoms with Gasteiger partial charge in [0, 0.05) is 54.1 Å². The molecule has 7 rings (SSSR count). The fourth-order valence-electron chi connectivity index (χ4n) is 6.17. The molecule has 0 amide bonds. The minimum atomic E-state index is -2.81. The lowest BCUT2D eigenvalue weighted by atomic mass is 9.71. The second-order valence-electron chi connectivity index (χ2n) is 11.8. The number of alkyl halides is 2. The molecule has 8 nitrogen and oxygen atoms in total. The van der Waals surface area contributed by atoms with Crippen molar-refractivity contribution in [3.05, 3.63) is 88.5 Å². The van der Waals surface area contributed by atoms with Gasteiger partial charge in [0.15, 0.2) is 11.5 Å². The van der Waals surface area contributed by atoms with E-state index in [-0.39, 0.29) is 11.8 Å². The van der Waals surface area contributed by atoms with Gasteiger partial charge in [-0.15, -0.1) is 5.10 Å². The van der Waals surface area contributed by atoms with Gasteiger partial charge in [-0.25, -0.2) is 18.7 Å². The fourth-order valence-corrected chi connectivity index (χ4v) is 6.17. The number of rotatable bonds is 7. The molecule has 2 aliphatic carbocycles. The van der Waals surface area contributed by atoms with Gasteiger partial charge in [-0.05, 0) is 61.6 Å². The van der Waals surface area contributed by atoms with Gasteiger partial charge in [0.2, 0.25) is 5.95 Å². The van der Waals surface area contributed by atoms with Crippen LogP contribution in [-0.4, -0.2) is 42.7 Å². The number of pyridine rings is 1. The van der Waals surface area contributed by atoms with Crippen LogP contribution in [0, 0.1) is 13.8 Å². The smallest absolute Gasteiger partial charge is 0.254 e. The van der Waals surface area contributed by atoms with E-state index in [2.05, 4.69) is 42.3 Å². The maximum Gasteiger partial charge on any atom is 0.254 e. The summed E-state index contributed by atoms with van der Waals surface area (Å²) in [5.74, 6) is -0.435. The maximum atomic E-state index is 13.4. The summed E-state index contributed by atoms with van der Waals surface area (Å²) < 4.78 is 34.1. The Bertz CT molecular complexity index is 1810. The molecule has 0 atom stereocenters. The van der Waals surface area contributed by atoms with E-state index in [0.717, 1.165) is 40.8 Å². The van der Waals surface area contributed by atoms with E-state index in [1.54, 1.807) is 23.9 Å². The van der Waals surface area contributed by atoms with Crippen molar-refractivity contribution in [2.45, 2.75) is 69.4 Å². The molecule has 42 heavy (non-hydrogen) atoms. The van der Waals surface area contributed by atoms with Crippen LogP contribution in [0.15, 0.2) is 54.7 Å². The Kier molecular flexibility index (Phi) is 6.16. The molecule has 2 saturated carbocycles. The first-order chi connectivity index (χ1) is 20.1. The zero-order valence-corrected chi connectivity index (χ0v) is 23.7. The highest BCUT2D eigenvalue weighted by atomic mass is 19.3. The lowest BCUT2D eigenvalue weighted by molar-refractivity contribution is -0.210. The Morgan fingerprint density at radius 1 is 1.02 bits per heavy atom. The SMILES string of the molecule is COc1cccc2c1nc(NCc1ccc(C)c(C)c1)n1nc([C@H]3C[C@@H](c4ccc(C5(O)CC(F)(F)C5)cn4)C3)nc21. The first-order valence-corrected chi connectivity index (χ1v) is 14.2. The average molecular weight is 571 g/mol. The van der Waals surface area contributed by atoms with Gasteiger partial charge in [-0.2, -0.15) is 4.52 Å². The number of nitrogens with one attached hydrogen (secondary N) is 1. The topological polar surface area (TPSA) is 97.5 Å². The van der Waals surface area contributed by atoms with Crippen molar-refractivity contribution >= 4 is 22.5 Å². The zero-order valence-electron chi connectivity index (χ0n) is 23.7. The molecular formula is C32H32F2N6O2. The van der Waals surface area contributed by atoms with Gasteiger partial charge in [-0.3, -0.25) is 4.98 Å². The predicted molar refractivity (Wildman–Crippen MR) is 155 cm³/mol. The summed E-state index contributed by atoms with van der Waals surface area (Å²) in [4.78, 5) is 14.4. The van der Waals surface area contributed by atoms with Crippen LogP contribution in [0.2, 0.25) is 0 Å². The van der Waals surface area contributed by atoms with Crippen molar-refractivity contribution in [3.8, 4) is 5.75 Å². The van der Waals surface area contributed by atoms with Gasteiger partial charge in [0.25, 0.3) is 5.92 Å². The molecule has 2 aromatic carbocycles. The molecular weight excluding hydrogens is 538 g/mol. The minimum absolute atomic E-state index is 0.152. The Morgan fingerprint density at radius 3 is 2.52 bits per heavy atom. The van der Waals surface area contributed by atoms with Crippen LogP contribution in [0.25, 0.3) is 16.6 Å². The van der Waals surface area contributed by atoms with Crippen molar-refractivity contribution in [2.75, 3.05) is 12.4 Å². The number of benzene rings is 2. The molecule has 0 aliphatic heterocycles. The largest absolute Gasteiger partial charge is 0.494 e. The van der Waals surface area contributed by atoms with E-state index in [4.69, 9.17) is 19.8 Å². The minimum Gasteiger partial charge on any atom is -0.494 e. The molecule has 0 saturated heterocycles. The van der Waals surface area contributed by atoms with E-state index in [1.807, 2.05) is 24.3 Å². The highest BCUT2D eigenvalue weighted by Gasteiger charge is 2.56. The van der Waals surface area contributed by atoms with Crippen molar-refractivity contribution in [2.24, 2.45) is 0 Å². The number of methoxy groups -OCH3 is 1. The van der Waals surface area contributed by atoms with Crippen LogP contribution >= 0.6 is 0 Å². The van der Waals surface area contributed by atoms with Gasteiger partial charge in [0.1, 0.15) is 16.9 Å². The van der Waals surface area contributed by atoms with Gasteiger partial charge < -0.3 is 15.2 Å². The number of hydrogen-bond donors (Lipinski definition) is 2. The van der Waals surface area contributed by atoms with Gasteiger partial charge >= 0.3 is 0 Å². The van der Waals surface area contributed by atoms with E-state index in [0.29, 0.717) is 29.5 Å². The Balaban J connectivity index is 1.14. The number of nitrogens with zero attached hydrogens (tertiary/aromatic N) is 5. The highest BCUT2D eigenvalue weighted by molar-refractivity contribution is 5.96. The molecule has 0 bridgehead atoms. The molecule has 5 aromatic rings. The number of anilines is 1. The number of aryl methyl sites for hydroxylation is 2. The fraction of sp³-hybridized carbons (Fsp3) is 0.375. The summed E-state index contributed by atoms with van der Waals surface area (Å²) in [6, 6.07) is 15.8. The lowest BCUT2D eigenvalue weighted by Gasteiger charge is -2.43. The summed E-state index contributed by atoms with van der Waals surface area (Å²) in [7, 11) is 1.63. The summed E-state index contributed by atoms with van der Waals surface area (Å²) in [5.41, 5.74) is 4.92. The third-order valence-electron chi connectivity index (χ3n) is 8.87. The molecule has 3 heterocycles. The molecule has 2 fully saturated rings. The number of hydrogen-bond acceptors (Lipinski definition) is 7. The molecule has 0 radical (unpaired) electrons. The predicted octanol–water partition coefficient (Wildman–Crippen LogP) is 6.19. The van der Waals surface area contributed by atoms with Gasteiger partial charge in [0.05, 0.1) is 7.11 Å². The van der Waals surface area contributed by atoms with Crippen LogP contribution in [0.3, 0.4) is 0 Å². The van der Waals surface area contributed by atoms with Crippen molar-refractivity contribution < 1.29 is 18.6 Å². The Morgan fingerprint density at radius 2 is 1.83 bits per heavy atom. The normalized spacial score (nSPS) is 20.7. The van der Waals surface area contributed by atoms with Crippen molar-refractivity contribution in [1.29, 1.82) is 0 Å². The number of ether oxygens (including phenoxy) is 1. The van der Waals surface area contributed by atoms with E-state index < -0.39 is 24.4 Å². The summed E-state index contributed by atoms with van der Waals surface area (Å²) in [5, 5.41) is 19.7. The van der Waals surface area contributed by atoms with Crippen LogP contribution < -0.4 is 10.1 Å². The van der Waals surface area contributed by atoms with Gasteiger partial charge in [-0.1, -0.05) is 30.3 Å². The van der Waals surface area contributed by atoms with E-state index in [9.17, 15) is 13.9 Å². The van der Waals surface area contributed by atoms with E-state index in [1.165, 1.54) is 11.1 Å². The van der Waals surface area contributed by atoms with Crippen LogP contribution in [0.4, 0.5) is 14.7 Å². The lowest BCUT2D eigenvalue weighted by Crippen LogP contribution is -2.49. The Hall–Kier alpha value is -4.18. The highest BCUT2D eigenvalue weighted by Crippen LogP contribution is 2.52. The number of para-hydroxylation sites is 1. The molecule has 10 heteroatoms. The second kappa shape index (κ2) is 9.69. The second-order valence-corrected chi connectivity index (χ2v) is 11.8. The first kappa shape index (κ1) is 26.7. The Labute approximate surface area is 241 Å². The van der Waals surface area contributed by atoms with Crippen molar-refractivity contribution in [1.82, 2.24) is 24.6 Å². The molecule has 216 valence electrons. The van der Waals surface area contributed by atoms with Crippen molar-refractivity contribution in [3.63, 3.8) is 0 Å². The number of aliphatic hydroxyl groups is 1. The molecule has 3 aromatic heterocycles. The first-order valence-electron chi connectivity index (χ1n) is 14.2. The van der Waals surface area contributed by atoms with Crippen LogP contribution in [-0.2, 0) is 12.1 Å². The third-order valence-corrected chi connectivity index (χ3v) is 8.87. The molecule has 0 unspecified atom stereocenters. The molecule has 2 N–H and O–H groups in total. The number of fused-ring (bicyclic) bond motifs is 3. The van der Waals surface area contributed by atoms with E-state index >= 15 is 0 Å². The standard InChI is InChI=1S/C32H32F2N6O2/c1-18-7-8-20(11-19(18)2)14-36-30-37-27-24(5-4-6-26(27)42-3)29-38-28(39-40(29)30)22-12-21(13-22)25-10-9-23(15-35-25)31(41)16-32(33,34)17-31/h4-11,15,21-22,41H,12-14,16-17H2,1-3H3,(H,36,37)/t21-,22+. The number of aromatic nitrogens is 5. The zero-order chi connectivity index (χ0) is 29.2. The quantitative estimate of drug-likeness (QED) is 0.241. The summed E-state index contributed by atoms with van der Waals surface area (Å²) in [6.07, 6.45) is 2.09. The van der Waals surface area contributed by atoms with Crippen LogP contribution in [0.1, 0.15) is 71.3 Å². The molecule has 0 spiro atoms. The molecule has 2 aliphatic rings. The monoisotopic (exact) mass is 570 g/mol. The average Bonchev–Trinajstić information content (AvgIpc) is 3.37. The maximum absolute atomic E-state index is 13.4. The summed E-state index contributed by atoms with van der Waals surface area (Å²) in [6.45, 7) is 4.79.